The monoisotopic (exact) mass is 442 g/mol. The predicted octanol–water partition coefficient (Wildman–Crippen LogP) is 2.18. The van der Waals surface area contributed by atoms with Crippen LogP contribution in [0.2, 0.25) is 0 Å². The molecule has 0 saturated heterocycles. The molecule has 3 aliphatic rings. The summed E-state index contributed by atoms with van der Waals surface area (Å²) in [6.07, 6.45) is 7.86. The number of ether oxygens (including phenoxy) is 1. The highest BCUT2D eigenvalue weighted by atomic mass is 16.5. The quantitative estimate of drug-likeness (QED) is 0.645. The lowest BCUT2D eigenvalue weighted by Crippen LogP contribution is -2.82. The zero-order valence-electron chi connectivity index (χ0n) is 19.3. The molecule has 1 saturated carbocycles. The number of aliphatic hydroxyl groups excluding tert-OH is 1. The SMILES string of the molecule is CCCN(CCC)[C@@H]1CCCC[C@@H]1Oc1ccc2c(c1)CN(C1CCC(=O)[NH+]=C1O)C2=O. The topological polar surface area (TPSA) is 84.1 Å². The molecular weight excluding hydrogens is 406 g/mol. The number of fused-ring (bicyclic) bond motifs is 1. The standard InChI is InChI=1S/C25H35N3O4/c1-3-13-27(14-4-2)20-7-5-6-8-22(20)32-18-9-10-19-17(15-18)16-28(25(19)31)21-11-12-23(29)26-24(21)30/h9-10,15,20-22H,3-8,11-14,16H2,1-2H3,(H,26,29,30)/p+1/t20-,21?,22+/m1/s1. The van der Waals surface area contributed by atoms with Crippen LogP contribution in [0.4, 0.5) is 0 Å². The fourth-order valence-electron chi connectivity index (χ4n) is 5.47. The summed E-state index contributed by atoms with van der Waals surface area (Å²) in [4.78, 5) is 31.2. The van der Waals surface area contributed by atoms with Crippen molar-refractivity contribution in [1.29, 1.82) is 0 Å². The Balaban J connectivity index is 1.49. The van der Waals surface area contributed by atoms with Crippen molar-refractivity contribution in [2.75, 3.05) is 13.1 Å². The van der Waals surface area contributed by atoms with Crippen LogP contribution >= 0.6 is 0 Å². The second-order valence-corrected chi connectivity index (χ2v) is 9.28. The molecule has 0 spiro atoms. The van der Waals surface area contributed by atoms with Crippen LogP contribution in [-0.4, -0.2) is 63.9 Å². The van der Waals surface area contributed by atoms with Crippen molar-refractivity contribution in [2.24, 2.45) is 0 Å². The summed E-state index contributed by atoms with van der Waals surface area (Å²) in [5, 5.41) is 10.2. The van der Waals surface area contributed by atoms with Crippen molar-refractivity contribution in [1.82, 2.24) is 9.80 Å². The Hall–Kier alpha value is -2.41. The average Bonchev–Trinajstić information content (AvgIpc) is 3.09. The van der Waals surface area contributed by atoms with Crippen molar-refractivity contribution in [3.63, 3.8) is 0 Å². The first-order chi connectivity index (χ1) is 15.5. The first kappa shape index (κ1) is 22.8. The van der Waals surface area contributed by atoms with Crippen LogP contribution < -0.4 is 9.73 Å². The minimum atomic E-state index is -0.476. The van der Waals surface area contributed by atoms with E-state index in [0.717, 1.165) is 43.7 Å². The van der Waals surface area contributed by atoms with Gasteiger partial charge in [0.25, 0.3) is 5.91 Å². The third-order valence-electron chi connectivity index (χ3n) is 6.96. The van der Waals surface area contributed by atoms with Crippen LogP contribution in [0, 0.1) is 0 Å². The molecule has 4 rings (SSSR count). The zero-order valence-corrected chi connectivity index (χ0v) is 19.3. The first-order valence-corrected chi connectivity index (χ1v) is 12.2. The fraction of sp³-hybridized carbons (Fsp3) is 0.640. The Morgan fingerprint density at radius 3 is 2.59 bits per heavy atom. The van der Waals surface area contributed by atoms with Crippen LogP contribution in [-0.2, 0) is 11.3 Å². The van der Waals surface area contributed by atoms with Crippen LogP contribution in [0.5, 0.6) is 5.75 Å². The van der Waals surface area contributed by atoms with Crippen LogP contribution in [0.15, 0.2) is 18.2 Å². The average molecular weight is 443 g/mol. The lowest BCUT2D eigenvalue weighted by atomic mass is 9.90. The number of carbonyl (C=O) groups excluding carboxylic acids is 2. The highest BCUT2D eigenvalue weighted by molar-refractivity contribution is 6.01. The van der Waals surface area contributed by atoms with Gasteiger partial charge >= 0.3 is 11.8 Å². The van der Waals surface area contributed by atoms with Gasteiger partial charge in [0.1, 0.15) is 11.9 Å². The third-order valence-corrected chi connectivity index (χ3v) is 6.96. The van der Waals surface area contributed by atoms with Crippen molar-refractivity contribution in [2.45, 2.75) is 89.9 Å². The number of aliphatic hydroxyl groups is 1. The second kappa shape index (κ2) is 10.0. The molecule has 2 aliphatic heterocycles. The number of nitrogens with one attached hydrogen (secondary N) is 1. The van der Waals surface area contributed by atoms with E-state index in [4.69, 9.17) is 4.74 Å². The molecule has 0 aromatic heterocycles. The maximum atomic E-state index is 13.0. The lowest BCUT2D eigenvalue weighted by Gasteiger charge is -2.39. The number of rotatable bonds is 8. The van der Waals surface area contributed by atoms with E-state index in [0.29, 0.717) is 31.0 Å². The van der Waals surface area contributed by atoms with Crippen LogP contribution in [0.1, 0.15) is 81.1 Å². The summed E-state index contributed by atoms with van der Waals surface area (Å²) in [5.74, 6) is 0.372. The van der Waals surface area contributed by atoms with E-state index in [9.17, 15) is 14.7 Å². The van der Waals surface area contributed by atoms with Gasteiger partial charge in [-0.05, 0) is 75.4 Å². The molecule has 7 nitrogen and oxygen atoms in total. The summed E-state index contributed by atoms with van der Waals surface area (Å²) in [6, 6.07) is 5.70. The molecule has 32 heavy (non-hydrogen) atoms. The summed E-state index contributed by atoms with van der Waals surface area (Å²) in [5.41, 5.74) is 1.57. The molecule has 2 amide bonds. The molecule has 2 N–H and O–H groups in total. The van der Waals surface area contributed by atoms with E-state index in [1.807, 2.05) is 18.2 Å². The van der Waals surface area contributed by atoms with Gasteiger partial charge in [0.2, 0.25) is 0 Å². The third kappa shape index (κ3) is 4.68. The normalized spacial score (nSPS) is 25.8. The molecule has 0 bridgehead atoms. The van der Waals surface area contributed by atoms with Crippen molar-refractivity contribution in [3.05, 3.63) is 29.3 Å². The Labute approximate surface area is 190 Å². The lowest BCUT2D eigenvalue weighted by molar-refractivity contribution is -0.394. The van der Waals surface area contributed by atoms with Crippen LogP contribution in [0.25, 0.3) is 0 Å². The molecule has 1 unspecified atom stereocenters. The van der Waals surface area contributed by atoms with E-state index in [-0.39, 0.29) is 23.8 Å². The Morgan fingerprint density at radius 1 is 1.12 bits per heavy atom. The van der Waals surface area contributed by atoms with E-state index in [1.165, 1.54) is 19.3 Å². The van der Waals surface area contributed by atoms with Crippen molar-refractivity contribution < 1.29 is 24.4 Å². The van der Waals surface area contributed by atoms with E-state index in [1.54, 1.807) is 4.90 Å². The number of hydrogen-bond acceptors (Lipinski definition) is 4. The fourth-order valence-corrected chi connectivity index (χ4v) is 5.47. The zero-order chi connectivity index (χ0) is 22.7. The number of hydrogen-bond donors (Lipinski definition) is 2. The van der Waals surface area contributed by atoms with E-state index in [2.05, 4.69) is 23.7 Å². The largest absolute Gasteiger partial charge is 0.489 e. The molecule has 0 radical (unpaired) electrons. The van der Waals surface area contributed by atoms with Crippen LogP contribution in [0.3, 0.4) is 0 Å². The van der Waals surface area contributed by atoms with Gasteiger partial charge in [0.15, 0.2) is 6.04 Å². The van der Waals surface area contributed by atoms with Crippen molar-refractivity contribution in [3.8, 4) is 5.75 Å². The highest BCUT2D eigenvalue weighted by Crippen LogP contribution is 2.32. The van der Waals surface area contributed by atoms with Gasteiger partial charge < -0.3 is 14.7 Å². The molecule has 1 fully saturated rings. The number of nitrogens with zero attached hydrogens (tertiary/aromatic N) is 2. The predicted molar refractivity (Wildman–Crippen MR) is 122 cm³/mol. The number of carbonyl (C=O) groups is 2. The molecule has 1 aliphatic carbocycles. The van der Waals surface area contributed by atoms with Crippen molar-refractivity contribution >= 4 is 17.7 Å². The first-order valence-electron chi connectivity index (χ1n) is 12.2. The Kier molecular flexibility index (Phi) is 7.13. The van der Waals surface area contributed by atoms with Gasteiger partial charge in [-0.2, -0.15) is 0 Å². The molecular formula is C25H36N3O4+. The summed E-state index contributed by atoms with van der Waals surface area (Å²) in [6.45, 7) is 7.09. The van der Waals surface area contributed by atoms with E-state index >= 15 is 0 Å². The van der Waals surface area contributed by atoms with Gasteiger partial charge in [0, 0.05) is 18.2 Å². The summed E-state index contributed by atoms with van der Waals surface area (Å²) in [7, 11) is 0. The minimum Gasteiger partial charge on any atom is -0.489 e. The minimum absolute atomic E-state index is 0.105. The molecule has 3 atom stereocenters. The van der Waals surface area contributed by atoms with Gasteiger partial charge in [-0.3, -0.25) is 9.69 Å². The van der Waals surface area contributed by atoms with E-state index < -0.39 is 6.04 Å². The van der Waals surface area contributed by atoms with Gasteiger partial charge in [-0.15, -0.1) is 4.99 Å². The molecule has 1 aromatic carbocycles. The molecule has 174 valence electrons. The molecule has 7 heteroatoms. The van der Waals surface area contributed by atoms with Gasteiger partial charge in [-0.1, -0.05) is 20.3 Å². The van der Waals surface area contributed by atoms with Gasteiger partial charge in [0.05, 0.1) is 6.42 Å². The highest BCUT2D eigenvalue weighted by Gasteiger charge is 2.41. The molecule has 1 aromatic rings. The summed E-state index contributed by atoms with van der Waals surface area (Å²) < 4.78 is 6.53. The maximum absolute atomic E-state index is 13.0. The van der Waals surface area contributed by atoms with Gasteiger partial charge in [-0.25, -0.2) is 4.79 Å². The second-order valence-electron chi connectivity index (χ2n) is 9.28. The number of amides is 2. The number of benzene rings is 1. The Morgan fingerprint density at radius 2 is 1.88 bits per heavy atom. The smallest absolute Gasteiger partial charge is 0.388 e. The molecule has 2 heterocycles. The maximum Gasteiger partial charge on any atom is 0.388 e. The Bertz CT molecular complexity index is 878. The summed E-state index contributed by atoms with van der Waals surface area (Å²) >= 11 is 0.